The van der Waals surface area contributed by atoms with E-state index in [1.165, 1.54) is 0 Å². The van der Waals surface area contributed by atoms with E-state index in [-0.39, 0.29) is 11.8 Å². The Labute approximate surface area is 145 Å². The SMILES string of the molecule is CC(=O)N1CCN(C(=O)c2cc(NCc3ccco3)nc(C)n2)CC1. The van der Waals surface area contributed by atoms with Gasteiger partial charge in [-0.05, 0) is 19.1 Å². The highest BCUT2D eigenvalue weighted by atomic mass is 16.3. The van der Waals surface area contributed by atoms with Gasteiger partial charge in [0.2, 0.25) is 5.91 Å². The fraction of sp³-hybridized carbons (Fsp3) is 0.412. The quantitative estimate of drug-likeness (QED) is 0.899. The summed E-state index contributed by atoms with van der Waals surface area (Å²) in [6, 6.07) is 5.33. The number of hydrogen-bond acceptors (Lipinski definition) is 6. The Morgan fingerprint density at radius 3 is 2.56 bits per heavy atom. The number of amides is 2. The fourth-order valence-corrected chi connectivity index (χ4v) is 2.75. The number of nitrogens with zero attached hydrogens (tertiary/aromatic N) is 4. The first kappa shape index (κ1) is 16.9. The van der Waals surface area contributed by atoms with Crippen molar-refractivity contribution in [3.8, 4) is 0 Å². The van der Waals surface area contributed by atoms with Crippen molar-refractivity contribution in [3.05, 3.63) is 41.7 Å². The maximum absolute atomic E-state index is 12.7. The predicted molar refractivity (Wildman–Crippen MR) is 91.0 cm³/mol. The van der Waals surface area contributed by atoms with Crippen LogP contribution < -0.4 is 5.32 Å². The van der Waals surface area contributed by atoms with Crippen LogP contribution in [0.1, 0.15) is 29.0 Å². The molecule has 0 aliphatic carbocycles. The molecule has 1 aliphatic heterocycles. The van der Waals surface area contributed by atoms with Crippen molar-refractivity contribution in [2.45, 2.75) is 20.4 Å². The van der Waals surface area contributed by atoms with E-state index < -0.39 is 0 Å². The van der Waals surface area contributed by atoms with Gasteiger partial charge in [-0.25, -0.2) is 9.97 Å². The summed E-state index contributed by atoms with van der Waals surface area (Å²) < 4.78 is 5.27. The molecule has 0 atom stereocenters. The van der Waals surface area contributed by atoms with Gasteiger partial charge in [0.1, 0.15) is 23.1 Å². The van der Waals surface area contributed by atoms with Crippen molar-refractivity contribution < 1.29 is 14.0 Å². The van der Waals surface area contributed by atoms with Crippen LogP contribution in [0, 0.1) is 6.92 Å². The van der Waals surface area contributed by atoms with Crippen LogP contribution in [-0.4, -0.2) is 57.8 Å². The number of nitrogens with one attached hydrogen (secondary N) is 1. The molecule has 1 aliphatic rings. The summed E-state index contributed by atoms with van der Waals surface area (Å²) in [5.74, 6) is 1.78. The van der Waals surface area contributed by atoms with Crippen molar-refractivity contribution in [2.24, 2.45) is 0 Å². The summed E-state index contributed by atoms with van der Waals surface area (Å²) in [4.78, 5) is 36.1. The van der Waals surface area contributed by atoms with Crippen molar-refractivity contribution >= 4 is 17.6 Å². The minimum atomic E-state index is -0.144. The van der Waals surface area contributed by atoms with E-state index in [9.17, 15) is 9.59 Å². The third-order valence-corrected chi connectivity index (χ3v) is 4.09. The molecule has 0 spiro atoms. The number of anilines is 1. The topological polar surface area (TPSA) is 91.6 Å². The molecule has 2 amide bonds. The molecule has 25 heavy (non-hydrogen) atoms. The largest absolute Gasteiger partial charge is 0.467 e. The van der Waals surface area contributed by atoms with Crippen LogP contribution in [-0.2, 0) is 11.3 Å². The lowest BCUT2D eigenvalue weighted by Crippen LogP contribution is -2.50. The summed E-state index contributed by atoms with van der Waals surface area (Å²) in [6.45, 7) is 5.90. The minimum Gasteiger partial charge on any atom is -0.467 e. The number of carbonyl (C=O) groups is 2. The van der Waals surface area contributed by atoms with Crippen molar-refractivity contribution in [3.63, 3.8) is 0 Å². The Kier molecular flexibility index (Phi) is 4.97. The van der Waals surface area contributed by atoms with Gasteiger partial charge in [-0.15, -0.1) is 0 Å². The van der Waals surface area contributed by atoms with Crippen LogP contribution in [0.15, 0.2) is 28.9 Å². The molecular formula is C17H21N5O3. The first-order chi connectivity index (χ1) is 12.0. The molecule has 132 valence electrons. The molecule has 0 radical (unpaired) electrons. The van der Waals surface area contributed by atoms with Gasteiger partial charge < -0.3 is 19.5 Å². The Morgan fingerprint density at radius 1 is 1.20 bits per heavy atom. The summed E-state index contributed by atoms with van der Waals surface area (Å²) in [6.07, 6.45) is 1.61. The van der Waals surface area contributed by atoms with E-state index in [4.69, 9.17) is 4.42 Å². The zero-order chi connectivity index (χ0) is 17.8. The van der Waals surface area contributed by atoms with E-state index in [2.05, 4.69) is 15.3 Å². The number of carbonyl (C=O) groups excluding carboxylic acids is 2. The van der Waals surface area contributed by atoms with Crippen LogP contribution in [0.5, 0.6) is 0 Å². The Hall–Kier alpha value is -2.90. The summed E-state index contributed by atoms with van der Waals surface area (Å²) in [5.41, 5.74) is 0.353. The second-order valence-electron chi connectivity index (χ2n) is 5.92. The standard InChI is InChI=1S/C17H21N5O3/c1-12-19-15(10-16(20-12)18-11-14-4-3-9-25-14)17(24)22-7-5-21(6-8-22)13(2)23/h3-4,9-10H,5-8,11H2,1-2H3,(H,18,19,20). The van der Waals surface area contributed by atoms with Crippen molar-refractivity contribution in [2.75, 3.05) is 31.5 Å². The summed E-state index contributed by atoms with van der Waals surface area (Å²) >= 11 is 0. The van der Waals surface area contributed by atoms with E-state index in [0.29, 0.717) is 50.1 Å². The molecule has 3 rings (SSSR count). The number of aromatic nitrogens is 2. The third kappa shape index (κ3) is 4.14. The average Bonchev–Trinajstić information content (AvgIpc) is 3.12. The van der Waals surface area contributed by atoms with Gasteiger partial charge in [-0.1, -0.05) is 0 Å². The zero-order valence-corrected chi connectivity index (χ0v) is 14.4. The lowest BCUT2D eigenvalue weighted by molar-refractivity contribution is -0.130. The van der Waals surface area contributed by atoms with Crippen LogP contribution in [0.3, 0.4) is 0 Å². The van der Waals surface area contributed by atoms with Gasteiger partial charge in [0.15, 0.2) is 0 Å². The maximum atomic E-state index is 12.7. The van der Waals surface area contributed by atoms with Crippen molar-refractivity contribution in [1.29, 1.82) is 0 Å². The van der Waals surface area contributed by atoms with Gasteiger partial charge >= 0.3 is 0 Å². The van der Waals surface area contributed by atoms with Gasteiger partial charge in [0, 0.05) is 39.2 Å². The van der Waals surface area contributed by atoms with E-state index in [0.717, 1.165) is 5.76 Å². The maximum Gasteiger partial charge on any atom is 0.272 e. The molecule has 3 heterocycles. The highest BCUT2D eigenvalue weighted by Gasteiger charge is 2.24. The highest BCUT2D eigenvalue weighted by Crippen LogP contribution is 2.13. The van der Waals surface area contributed by atoms with Crippen LogP contribution in [0.4, 0.5) is 5.82 Å². The predicted octanol–water partition coefficient (Wildman–Crippen LogP) is 1.29. The Morgan fingerprint density at radius 2 is 1.92 bits per heavy atom. The van der Waals surface area contributed by atoms with Gasteiger partial charge in [-0.3, -0.25) is 9.59 Å². The monoisotopic (exact) mass is 343 g/mol. The smallest absolute Gasteiger partial charge is 0.272 e. The van der Waals surface area contributed by atoms with Gasteiger partial charge in [0.05, 0.1) is 12.8 Å². The first-order valence-corrected chi connectivity index (χ1v) is 8.19. The molecule has 0 aromatic carbocycles. The number of aryl methyl sites for hydroxylation is 1. The summed E-state index contributed by atoms with van der Waals surface area (Å²) in [7, 11) is 0. The summed E-state index contributed by atoms with van der Waals surface area (Å²) in [5, 5.41) is 3.14. The van der Waals surface area contributed by atoms with E-state index in [1.54, 1.807) is 36.0 Å². The molecule has 1 N–H and O–H groups in total. The molecule has 2 aromatic heterocycles. The molecule has 0 bridgehead atoms. The second-order valence-corrected chi connectivity index (χ2v) is 5.92. The molecule has 0 unspecified atom stereocenters. The number of hydrogen-bond donors (Lipinski definition) is 1. The van der Waals surface area contributed by atoms with Gasteiger partial charge in [-0.2, -0.15) is 0 Å². The number of furan rings is 1. The highest BCUT2D eigenvalue weighted by molar-refractivity contribution is 5.93. The molecule has 8 nitrogen and oxygen atoms in total. The zero-order valence-electron chi connectivity index (χ0n) is 14.4. The minimum absolute atomic E-state index is 0.0365. The molecule has 8 heteroatoms. The molecule has 2 aromatic rings. The third-order valence-electron chi connectivity index (χ3n) is 4.09. The normalized spacial score (nSPS) is 14.5. The molecule has 1 fully saturated rings. The molecule has 0 saturated carbocycles. The van der Waals surface area contributed by atoms with Gasteiger partial charge in [0.25, 0.3) is 5.91 Å². The Balaban J connectivity index is 1.67. The van der Waals surface area contributed by atoms with Crippen LogP contribution >= 0.6 is 0 Å². The van der Waals surface area contributed by atoms with E-state index >= 15 is 0 Å². The van der Waals surface area contributed by atoms with Crippen molar-refractivity contribution in [1.82, 2.24) is 19.8 Å². The van der Waals surface area contributed by atoms with E-state index in [1.807, 2.05) is 12.1 Å². The fourth-order valence-electron chi connectivity index (χ4n) is 2.75. The number of rotatable bonds is 4. The molecular weight excluding hydrogens is 322 g/mol. The van der Waals surface area contributed by atoms with Crippen LogP contribution in [0.25, 0.3) is 0 Å². The lowest BCUT2D eigenvalue weighted by atomic mass is 10.2. The lowest BCUT2D eigenvalue weighted by Gasteiger charge is -2.34. The molecule has 1 saturated heterocycles. The Bertz CT molecular complexity index is 752. The average molecular weight is 343 g/mol. The van der Waals surface area contributed by atoms with Crippen LogP contribution in [0.2, 0.25) is 0 Å². The second kappa shape index (κ2) is 7.33. The first-order valence-electron chi connectivity index (χ1n) is 8.19. The number of piperazine rings is 1.